The molecule has 1 aromatic heterocycles. The van der Waals surface area contributed by atoms with E-state index in [4.69, 9.17) is 27.9 Å². The van der Waals surface area contributed by atoms with Crippen molar-refractivity contribution in [2.75, 3.05) is 0 Å². The van der Waals surface area contributed by atoms with Crippen LogP contribution in [0.5, 0.6) is 5.75 Å². The molecule has 2 rings (SSSR count). The highest BCUT2D eigenvalue weighted by Gasteiger charge is 2.10. The molecule has 0 aliphatic carbocycles. The van der Waals surface area contributed by atoms with E-state index in [-0.39, 0.29) is 0 Å². The van der Waals surface area contributed by atoms with Gasteiger partial charge in [0.25, 0.3) is 0 Å². The van der Waals surface area contributed by atoms with Crippen molar-refractivity contribution in [3.8, 4) is 17.0 Å². The monoisotopic (exact) mass is 307 g/mol. The first kappa shape index (κ1) is 14.6. The number of nitrogens with zero attached hydrogens (tertiary/aromatic N) is 1. The predicted molar refractivity (Wildman–Crippen MR) is 80.1 cm³/mol. The number of benzene rings is 1. The summed E-state index contributed by atoms with van der Waals surface area (Å²) in [5.74, 6) is -0.0310. The van der Waals surface area contributed by atoms with E-state index in [1.165, 1.54) is 0 Å². The maximum atomic E-state index is 11.4. The van der Waals surface area contributed by atoms with Crippen molar-refractivity contribution in [3.05, 3.63) is 58.7 Å². The number of hydrogen-bond donors (Lipinski definition) is 0. The van der Waals surface area contributed by atoms with Crippen LogP contribution in [0.3, 0.4) is 0 Å². The Hall–Kier alpha value is -1.84. The van der Waals surface area contributed by atoms with Crippen LogP contribution in [0.15, 0.2) is 48.7 Å². The van der Waals surface area contributed by atoms with Crippen LogP contribution in [0.4, 0.5) is 0 Å². The van der Waals surface area contributed by atoms with Gasteiger partial charge in [-0.15, -0.1) is 0 Å². The van der Waals surface area contributed by atoms with Gasteiger partial charge in [-0.05, 0) is 37.3 Å². The SMILES string of the molecule is C=C(C)C(=O)Oc1ccc(-c2nccc(Cl)c2Cl)cc1. The van der Waals surface area contributed by atoms with Gasteiger partial charge in [0, 0.05) is 17.3 Å². The highest BCUT2D eigenvalue weighted by Crippen LogP contribution is 2.32. The summed E-state index contributed by atoms with van der Waals surface area (Å²) in [6, 6.07) is 8.46. The Kier molecular flexibility index (Phi) is 4.42. The standard InChI is InChI=1S/C15H11Cl2NO2/c1-9(2)15(19)20-11-5-3-10(4-6-11)14-13(17)12(16)7-8-18-14/h3-8H,1H2,2H3. The summed E-state index contributed by atoms with van der Waals surface area (Å²) in [6.07, 6.45) is 1.58. The fourth-order valence-corrected chi connectivity index (χ4v) is 1.86. The van der Waals surface area contributed by atoms with Crippen LogP contribution in [0, 0.1) is 0 Å². The van der Waals surface area contributed by atoms with Gasteiger partial charge < -0.3 is 4.74 Å². The van der Waals surface area contributed by atoms with Crippen molar-refractivity contribution in [2.45, 2.75) is 6.92 Å². The zero-order valence-corrected chi connectivity index (χ0v) is 12.2. The molecule has 0 atom stereocenters. The molecule has 0 aliphatic heterocycles. The summed E-state index contributed by atoms with van der Waals surface area (Å²) in [5.41, 5.74) is 1.71. The van der Waals surface area contributed by atoms with Crippen molar-refractivity contribution in [3.63, 3.8) is 0 Å². The van der Waals surface area contributed by atoms with Crippen LogP contribution in [0.2, 0.25) is 10.0 Å². The molecule has 0 saturated carbocycles. The zero-order valence-electron chi connectivity index (χ0n) is 10.7. The largest absolute Gasteiger partial charge is 0.423 e. The molecule has 0 radical (unpaired) electrons. The third-order valence-electron chi connectivity index (χ3n) is 2.53. The molecule has 0 fully saturated rings. The van der Waals surface area contributed by atoms with Crippen LogP contribution in [0.25, 0.3) is 11.3 Å². The number of carbonyl (C=O) groups is 1. The van der Waals surface area contributed by atoms with Crippen LogP contribution in [0.1, 0.15) is 6.92 Å². The van der Waals surface area contributed by atoms with Gasteiger partial charge in [-0.25, -0.2) is 4.79 Å². The number of pyridine rings is 1. The average Bonchev–Trinajstić information content (AvgIpc) is 2.43. The second kappa shape index (κ2) is 6.07. The number of ether oxygens (including phenoxy) is 1. The summed E-state index contributed by atoms with van der Waals surface area (Å²) >= 11 is 12.0. The fourth-order valence-electron chi connectivity index (χ4n) is 1.50. The van der Waals surface area contributed by atoms with Crippen LogP contribution in [-0.2, 0) is 4.79 Å². The minimum absolute atomic E-state index is 0.341. The summed E-state index contributed by atoms with van der Waals surface area (Å²) < 4.78 is 5.10. The third-order valence-corrected chi connectivity index (χ3v) is 3.32. The van der Waals surface area contributed by atoms with Gasteiger partial charge in [0.1, 0.15) is 5.75 Å². The van der Waals surface area contributed by atoms with E-state index < -0.39 is 5.97 Å². The lowest BCUT2D eigenvalue weighted by molar-refractivity contribution is -0.130. The van der Waals surface area contributed by atoms with E-state index in [0.29, 0.717) is 27.1 Å². The Balaban J connectivity index is 2.26. The number of carbonyl (C=O) groups excluding carboxylic acids is 1. The molecule has 0 spiro atoms. The van der Waals surface area contributed by atoms with Crippen LogP contribution < -0.4 is 4.74 Å². The molecule has 5 heteroatoms. The molecular weight excluding hydrogens is 297 g/mol. The second-order valence-corrected chi connectivity index (χ2v) is 4.93. The molecule has 20 heavy (non-hydrogen) atoms. The predicted octanol–water partition coefficient (Wildman–Crippen LogP) is 4.54. The lowest BCUT2D eigenvalue weighted by atomic mass is 10.1. The van der Waals surface area contributed by atoms with Crippen LogP contribution in [-0.4, -0.2) is 11.0 Å². The minimum Gasteiger partial charge on any atom is -0.423 e. The van der Waals surface area contributed by atoms with Gasteiger partial charge in [-0.2, -0.15) is 0 Å². The summed E-state index contributed by atoms with van der Waals surface area (Å²) in [4.78, 5) is 15.6. The minimum atomic E-state index is -0.461. The highest BCUT2D eigenvalue weighted by molar-refractivity contribution is 6.43. The summed E-state index contributed by atoms with van der Waals surface area (Å²) in [7, 11) is 0. The maximum absolute atomic E-state index is 11.4. The number of esters is 1. The molecular formula is C15H11Cl2NO2. The Labute approximate surface area is 126 Å². The van der Waals surface area contributed by atoms with E-state index in [0.717, 1.165) is 5.56 Å². The van der Waals surface area contributed by atoms with Gasteiger partial charge in [0.05, 0.1) is 15.7 Å². The van der Waals surface area contributed by atoms with Crippen molar-refractivity contribution in [2.24, 2.45) is 0 Å². The number of halogens is 2. The lowest BCUT2D eigenvalue weighted by Crippen LogP contribution is -2.07. The van der Waals surface area contributed by atoms with Crippen molar-refractivity contribution in [1.82, 2.24) is 4.98 Å². The topological polar surface area (TPSA) is 39.2 Å². The van der Waals surface area contributed by atoms with Gasteiger partial charge >= 0.3 is 5.97 Å². The lowest BCUT2D eigenvalue weighted by Gasteiger charge is -2.07. The van der Waals surface area contributed by atoms with E-state index in [1.807, 2.05) is 0 Å². The third kappa shape index (κ3) is 3.18. The van der Waals surface area contributed by atoms with Crippen molar-refractivity contribution < 1.29 is 9.53 Å². The van der Waals surface area contributed by atoms with Gasteiger partial charge in [0.15, 0.2) is 0 Å². The Bertz CT molecular complexity index is 666. The molecule has 0 amide bonds. The van der Waals surface area contributed by atoms with Crippen molar-refractivity contribution in [1.29, 1.82) is 0 Å². The van der Waals surface area contributed by atoms with Crippen LogP contribution >= 0.6 is 23.2 Å². The molecule has 0 bridgehead atoms. The number of rotatable bonds is 3. The first-order chi connectivity index (χ1) is 9.49. The van der Waals surface area contributed by atoms with E-state index in [1.54, 1.807) is 43.5 Å². The second-order valence-electron chi connectivity index (χ2n) is 4.15. The molecule has 0 N–H and O–H groups in total. The molecule has 3 nitrogen and oxygen atoms in total. The summed E-state index contributed by atoms with van der Waals surface area (Å²) in [6.45, 7) is 5.11. The van der Waals surface area contributed by atoms with Gasteiger partial charge in [0.2, 0.25) is 0 Å². The first-order valence-electron chi connectivity index (χ1n) is 5.77. The van der Waals surface area contributed by atoms with E-state index >= 15 is 0 Å². The molecule has 2 aromatic rings. The maximum Gasteiger partial charge on any atom is 0.338 e. The van der Waals surface area contributed by atoms with Gasteiger partial charge in [-0.3, -0.25) is 4.98 Å². The smallest absolute Gasteiger partial charge is 0.338 e. The highest BCUT2D eigenvalue weighted by atomic mass is 35.5. The van der Waals surface area contributed by atoms with Gasteiger partial charge in [-0.1, -0.05) is 29.8 Å². The van der Waals surface area contributed by atoms with E-state index in [2.05, 4.69) is 11.6 Å². The van der Waals surface area contributed by atoms with Crippen molar-refractivity contribution >= 4 is 29.2 Å². The molecule has 1 aromatic carbocycles. The molecule has 102 valence electrons. The molecule has 0 unspecified atom stereocenters. The Morgan fingerprint density at radius 3 is 2.45 bits per heavy atom. The quantitative estimate of drug-likeness (QED) is 0.475. The first-order valence-corrected chi connectivity index (χ1v) is 6.53. The number of hydrogen-bond acceptors (Lipinski definition) is 3. The van der Waals surface area contributed by atoms with E-state index in [9.17, 15) is 4.79 Å². The zero-order chi connectivity index (χ0) is 14.7. The average molecular weight is 308 g/mol. The molecule has 1 heterocycles. The number of aromatic nitrogens is 1. The Morgan fingerprint density at radius 2 is 1.85 bits per heavy atom. The molecule has 0 aliphatic rings. The fraction of sp³-hybridized carbons (Fsp3) is 0.0667. The molecule has 0 saturated heterocycles. The Morgan fingerprint density at radius 1 is 1.20 bits per heavy atom. The normalized spacial score (nSPS) is 10.2. The summed E-state index contributed by atoms with van der Waals surface area (Å²) in [5, 5.41) is 0.829.